The van der Waals surface area contributed by atoms with Crippen molar-refractivity contribution in [1.82, 2.24) is 5.32 Å². The topological polar surface area (TPSA) is 38.3 Å². The van der Waals surface area contributed by atoms with Gasteiger partial charge in [0.05, 0.1) is 6.61 Å². The Balaban J connectivity index is 2.68. The molecule has 0 saturated heterocycles. The summed E-state index contributed by atoms with van der Waals surface area (Å²) in [5, 5.41) is 2.78. The Hall–Kier alpha value is -0.870. The number of benzene rings is 1. The molecular weight excluding hydrogens is 258 g/mol. The van der Waals surface area contributed by atoms with Crippen LogP contribution in [0, 0.1) is 6.92 Å². The fourth-order valence-electron chi connectivity index (χ4n) is 1.20. The van der Waals surface area contributed by atoms with Gasteiger partial charge in [-0.2, -0.15) is 0 Å². The summed E-state index contributed by atoms with van der Waals surface area (Å²) in [6, 6.07) is 5.65. The minimum Gasteiger partial charge on any atom is -0.383 e. The van der Waals surface area contributed by atoms with E-state index in [1.165, 1.54) is 0 Å². The summed E-state index contributed by atoms with van der Waals surface area (Å²) >= 11 is 3.34. The number of ether oxygens (including phenoxy) is 1. The molecule has 0 radical (unpaired) electrons. The van der Waals surface area contributed by atoms with Gasteiger partial charge < -0.3 is 10.1 Å². The summed E-state index contributed by atoms with van der Waals surface area (Å²) in [5.74, 6) is -0.0640. The lowest BCUT2D eigenvalue weighted by Crippen LogP contribution is -2.27. The van der Waals surface area contributed by atoms with E-state index < -0.39 is 0 Å². The number of hydrogen-bond donors (Lipinski definition) is 1. The maximum Gasteiger partial charge on any atom is 0.251 e. The Morgan fingerprint density at radius 1 is 1.53 bits per heavy atom. The third-order valence-corrected chi connectivity index (χ3v) is 2.53. The van der Waals surface area contributed by atoms with Crippen LogP contribution in [0.15, 0.2) is 22.7 Å². The molecule has 0 heterocycles. The first-order valence-electron chi connectivity index (χ1n) is 4.68. The third kappa shape index (κ3) is 3.64. The Labute approximate surface area is 97.9 Å². The van der Waals surface area contributed by atoms with Crippen molar-refractivity contribution < 1.29 is 9.53 Å². The van der Waals surface area contributed by atoms with Crippen LogP contribution in [0.5, 0.6) is 0 Å². The highest BCUT2D eigenvalue weighted by Crippen LogP contribution is 2.15. The molecule has 15 heavy (non-hydrogen) atoms. The zero-order valence-electron chi connectivity index (χ0n) is 8.84. The van der Waals surface area contributed by atoms with Crippen molar-refractivity contribution in [3.8, 4) is 0 Å². The molecule has 0 aromatic heterocycles. The fourth-order valence-corrected chi connectivity index (χ4v) is 1.56. The summed E-state index contributed by atoms with van der Waals surface area (Å²) in [4.78, 5) is 11.7. The second kappa shape index (κ2) is 5.88. The Morgan fingerprint density at radius 2 is 2.27 bits per heavy atom. The van der Waals surface area contributed by atoms with E-state index in [1.54, 1.807) is 7.11 Å². The van der Waals surface area contributed by atoms with Gasteiger partial charge in [0, 0.05) is 23.7 Å². The molecule has 4 heteroatoms. The standard InChI is InChI=1S/C11H14BrNO2/c1-8-3-4-9(12)7-10(8)11(14)13-5-6-15-2/h3-4,7H,5-6H2,1-2H3,(H,13,14). The van der Waals surface area contributed by atoms with Gasteiger partial charge in [0.2, 0.25) is 0 Å². The van der Waals surface area contributed by atoms with Crippen molar-refractivity contribution in [3.05, 3.63) is 33.8 Å². The predicted octanol–water partition coefficient (Wildman–Crippen LogP) is 2.13. The van der Waals surface area contributed by atoms with E-state index >= 15 is 0 Å². The summed E-state index contributed by atoms with van der Waals surface area (Å²) in [5.41, 5.74) is 1.66. The summed E-state index contributed by atoms with van der Waals surface area (Å²) in [6.45, 7) is 2.97. The van der Waals surface area contributed by atoms with Crippen LogP contribution in [0.1, 0.15) is 15.9 Å². The molecule has 0 bridgehead atoms. The van der Waals surface area contributed by atoms with Gasteiger partial charge in [0.1, 0.15) is 0 Å². The second-order valence-electron chi connectivity index (χ2n) is 3.21. The molecule has 0 unspecified atom stereocenters. The van der Waals surface area contributed by atoms with Crippen LogP contribution in [0.3, 0.4) is 0 Å². The van der Waals surface area contributed by atoms with Crippen LogP contribution >= 0.6 is 15.9 Å². The molecule has 0 aliphatic heterocycles. The van der Waals surface area contributed by atoms with Crippen LogP contribution in [-0.4, -0.2) is 26.2 Å². The summed E-state index contributed by atoms with van der Waals surface area (Å²) < 4.78 is 5.77. The van der Waals surface area contributed by atoms with Gasteiger partial charge in [-0.3, -0.25) is 4.79 Å². The van der Waals surface area contributed by atoms with E-state index in [9.17, 15) is 4.79 Å². The highest BCUT2D eigenvalue weighted by molar-refractivity contribution is 9.10. The molecule has 0 aliphatic carbocycles. The van der Waals surface area contributed by atoms with Gasteiger partial charge in [0.15, 0.2) is 0 Å². The second-order valence-corrected chi connectivity index (χ2v) is 4.12. The molecule has 82 valence electrons. The zero-order chi connectivity index (χ0) is 11.3. The van der Waals surface area contributed by atoms with Crippen molar-refractivity contribution in [1.29, 1.82) is 0 Å². The van der Waals surface area contributed by atoms with Crippen LogP contribution in [-0.2, 0) is 4.74 Å². The summed E-state index contributed by atoms with van der Waals surface area (Å²) in [6.07, 6.45) is 0. The normalized spacial score (nSPS) is 10.1. The highest BCUT2D eigenvalue weighted by Gasteiger charge is 2.08. The van der Waals surface area contributed by atoms with Crippen LogP contribution < -0.4 is 5.32 Å². The van der Waals surface area contributed by atoms with Crippen molar-refractivity contribution >= 4 is 21.8 Å². The van der Waals surface area contributed by atoms with E-state index in [0.717, 1.165) is 10.0 Å². The lowest BCUT2D eigenvalue weighted by molar-refractivity contribution is 0.0936. The van der Waals surface area contributed by atoms with Gasteiger partial charge in [-0.15, -0.1) is 0 Å². The Bertz CT molecular complexity index is 352. The van der Waals surface area contributed by atoms with E-state index in [0.29, 0.717) is 18.7 Å². The molecule has 0 saturated carbocycles. The molecule has 0 atom stereocenters. The largest absolute Gasteiger partial charge is 0.383 e. The molecule has 1 aromatic rings. The lowest BCUT2D eigenvalue weighted by Gasteiger charge is -2.07. The molecule has 0 aliphatic rings. The monoisotopic (exact) mass is 271 g/mol. The molecule has 0 spiro atoms. The van der Waals surface area contributed by atoms with Crippen LogP contribution in [0.25, 0.3) is 0 Å². The average molecular weight is 272 g/mol. The van der Waals surface area contributed by atoms with Gasteiger partial charge >= 0.3 is 0 Å². The van der Waals surface area contributed by atoms with Gasteiger partial charge in [-0.1, -0.05) is 22.0 Å². The first-order chi connectivity index (χ1) is 7.15. The van der Waals surface area contributed by atoms with Crippen LogP contribution in [0.4, 0.5) is 0 Å². The summed E-state index contributed by atoms with van der Waals surface area (Å²) in [7, 11) is 1.61. The minimum atomic E-state index is -0.0640. The number of aryl methyl sites for hydroxylation is 1. The number of hydrogen-bond acceptors (Lipinski definition) is 2. The smallest absolute Gasteiger partial charge is 0.251 e. The Kier molecular flexibility index (Phi) is 4.78. The molecule has 1 rings (SSSR count). The predicted molar refractivity (Wildman–Crippen MR) is 63.1 cm³/mol. The molecular formula is C11H14BrNO2. The first kappa shape index (κ1) is 12.2. The molecule has 0 fully saturated rings. The minimum absolute atomic E-state index is 0.0640. The number of carbonyl (C=O) groups is 1. The number of methoxy groups -OCH3 is 1. The third-order valence-electron chi connectivity index (χ3n) is 2.04. The van der Waals surface area contributed by atoms with E-state index in [1.807, 2.05) is 25.1 Å². The van der Waals surface area contributed by atoms with E-state index in [-0.39, 0.29) is 5.91 Å². The molecule has 1 amide bonds. The zero-order valence-corrected chi connectivity index (χ0v) is 10.4. The van der Waals surface area contributed by atoms with E-state index in [2.05, 4.69) is 21.2 Å². The lowest BCUT2D eigenvalue weighted by atomic mass is 10.1. The first-order valence-corrected chi connectivity index (χ1v) is 5.47. The average Bonchev–Trinajstić information content (AvgIpc) is 2.22. The van der Waals surface area contributed by atoms with Crippen LogP contribution in [0.2, 0.25) is 0 Å². The molecule has 1 aromatic carbocycles. The van der Waals surface area contributed by atoms with Gasteiger partial charge in [-0.05, 0) is 24.6 Å². The Morgan fingerprint density at radius 3 is 2.93 bits per heavy atom. The quantitative estimate of drug-likeness (QED) is 0.853. The molecule has 1 N–H and O–H groups in total. The maximum absolute atomic E-state index is 11.7. The van der Waals surface area contributed by atoms with Crippen molar-refractivity contribution in [2.75, 3.05) is 20.3 Å². The number of rotatable bonds is 4. The maximum atomic E-state index is 11.7. The van der Waals surface area contributed by atoms with Gasteiger partial charge in [0.25, 0.3) is 5.91 Å². The van der Waals surface area contributed by atoms with Crippen molar-refractivity contribution in [2.24, 2.45) is 0 Å². The van der Waals surface area contributed by atoms with Crippen molar-refractivity contribution in [3.63, 3.8) is 0 Å². The van der Waals surface area contributed by atoms with E-state index in [4.69, 9.17) is 4.74 Å². The fraction of sp³-hybridized carbons (Fsp3) is 0.364. The highest BCUT2D eigenvalue weighted by atomic mass is 79.9. The SMILES string of the molecule is COCCNC(=O)c1cc(Br)ccc1C. The van der Waals surface area contributed by atoms with Gasteiger partial charge in [-0.25, -0.2) is 0 Å². The number of amides is 1. The molecule has 3 nitrogen and oxygen atoms in total. The number of carbonyl (C=O) groups excluding carboxylic acids is 1. The number of halogens is 1. The number of nitrogens with one attached hydrogen (secondary N) is 1. The van der Waals surface area contributed by atoms with Crippen molar-refractivity contribution in [2.45, 2.75) is 6.92 Å².